The number of nitrogens with zero attached hydrogens (tertiary/aromatic N) is 3. The standard InChI is InChI=1S/C24H23ClF3N3O3/c1-15-20(16-6-8-17(25)9-7-16)21(23(32)30-10-12-34-13-11-30)31(22(15)24(26,27)28)14-18-4-3-5-19(29-18)33-2/h3-9H,10-14H2,1-2H3. The Labute approximate surface area is 199 Å². The molecule has 1 fully saturated rings. The van der Waals surface area contributed by atoms with Crippen LogP contribution in [-0.4, -0.2) is 53.8 Å². The number of hydrogen-bond donors (Lipinski definition) is 0. The molecule has 4 rings (SSSR count). The molecule has 0 unspecified atom stereocenters. The highest BCUT2D eigenvalue weighted by atomic mass is 35.5. The smallest absolute Gasteiger partial charge is 0.431 e. The van der Waals surface area contributed by atoms with E-state index in [2.05, 4.69) is 4.98 Å². The summed E-state index contributed by atoms with van der Waals surface area (Å²) in [6.07, 6.45) is -4.70. The van der Waals surface area contributed by atoms with E-state index in [0.29, 0.717) is 42.6 Å². The van der Waals surface area contributed by atoms with Gasteiger partial charge in [0.15, 0.2) is 0 Å². The van der Waals surface area contributed by atoms with Crippen LogP contribution in [0.25, 0.3) is 11.1 Å². The van der Waals surface area contributed by atoms with Gasteiger partial charge < -0.3 is 18.9 Å². The van der Waals surface area contributed by atoms with E-state index in [1.54, 1.807) is 42.5 Å². The zero-order valence-corrected chi connectivity index (χ0v) is 19.4. The molecule has 10 heteroatoms. The summed E-state index contributed by atoms with van der Waals surface area (Å²) in [4.78, 5) is 19.5. The summed E-state index contributed by atoms with van der Waals surface area (Å²) in [6, 6.07) is 11.3. The third-order valence-electron chi connectivity index (χ3n) is 5.72. The molecule has 0 aliphatic carbocycles. The first-order valence-corrected chi connectivity index (χ1v) is 11.0. The van der Waals surface area contributed by atoms with Crippen LogP contribution >= 0.6 is 11.6 Å². The highest BCUT2D eigenvalue weighted by molar-refractivity contribution is 6.30. The van der Waals surface area contributed by atoms with Crippen molar-refractivity contribution in [1.29, 1.82) is 0 Å². The third kappa shape index (κ3) is 4.76. The van der Waals surface area contributed by atoms with Crippen LogP contribution in [0.3, 0.4) is 0 Å². The first-order chi connectivity index (χ1) is 16.2. The predicted molar refractivity (Wildman–Crippen MR) is 121 cm³/mol. The van der Waals surface area contributed by atoms with Gasteiger partial charge in [0, 0.05) is 29.7 Å². The lowest BCUT2D eigenvalue weighted by Gasteiger charge is -2.28. The molecule has 0 radical (unpaired) electrons. The predicted octanol–water partition coefficient (Wildman–Crippen LogP) is 5.06. The Hall–Kier alpha value is -3.04. The van der Waals surface area contributed by atoms with Crippen LogP contribution in [0.5, 0.6) is 5.88 Å². The Morgan fingerprint density at radius 1 is 1.15 bits per heavy atom. The minimum absolute atomic E-state index is 0.0330. The van der Waals surface area contributed by atoms with Gasteiger partial charge in [-0.2, -0.15) is 13.2 Å². The number of pyridine rings is 1. The molecule has 1 aromatic carbocycles. The number of methoxy groups -OCH3 is 1. The average Bonchev–Trinajstić information content (AvgIpc) is 3.11. The highest BCUT2D eigenvalue weighted by Gasteiger charge is 2.42. The van der Waals surface area contributed by atoms with E-state index >= 15 is 0 Å². The van der Waals surface area contributed by atoms with E-state index in [1.165, 1.54) is 18.9 Å². The van der Waals surface area contributed by atoms with Crippen LogP contribution in [0, 0.1) is 6.92 Å². The van der Waals surface area contributed by atoms with Gasteiger partial charge in [0.2, 0.25) is 5.88 Å². The lowest BCUT2D eigenvalue weighted by atomic mass is 10.00. The van der Waals surface area contributed by atoms with Crippen molar-refractivity contribution >= 4 is 17.5 Å². The molecule has 1 saturated heterocycles. The summed E-state index contributed by atoms with van der Waals surface area (Å²) in [5.74, 6) is -0.219. The Bertz CT molecular complexity index is 1190. The van der Waals surface area contributed by atoms with Crippen LogP contribution in [0.2, 0.25) is 5.02 Å². The molecule has 0 N–H and O–H groups in total. The fourth-order valence-electron chi connectivity index (χ4n) is 4.20. The first kappa shape index (κ1) is 24.1. The van der Waals surface area contributed by atoms with Crippen molar-refractivity contribution < 1.29 is 27.4 Å². The van der Waals surface area contributed by atoms with Gasteiger partial charge >= 0.3 is 6.18 Å². The summed E-state index contributed by atoms with van der Waals surface area (Å²) >= 11 is 6.01. The summed E-state index contributed by atoms with van der Waals surface area (Å²) in [5.41, 5.74) is 0.0648. The summed E-state index contributed by atoms with van der Waals surface area (Å²) in [5, 5.41) is 0.443. The maximum Gasteiger partial charge on any atom is 0.431 e. The van der Waals surface area contributed by atoms with E-state index < -0.39 is 17.8 Å². The van der Waals surface area contributed by atoms with Crippen molar-refractivity contribution in [2.75, 3.05) is 33.4 Å². The fourth-order valence-corrected chi connectivity index (χ4v) is 4.32. The van der Waals surface area contributed by atoms with E-state index in [4.69, 9.17) is 21.1 Å². The fraction of sp³-hybridized carbons (Fsp3) is 0.333. The maximum atomic E-state index is 14.4. The van der Waals surface area contributed by atoms with Crippen molar-refractivity contribution in [3.8, 4) is 17.0 Å². The molecule has 2 aromatic heterocycles. The van der Waals surface area contributed by atoms with Gasteiger partial charge in [-0.1, -0.05) is 29.8 Å². The topological polar surface area (TPSA) is 56.6 Å². The van der Waals surface area contributed by atoms with Crippen molar-refractivity contribution in [1.82, 2.24) is 14.5 Å². The second-order valence-electron chi connectivity index (χ2n) is 7.86. The molecule has 3 heterocycles. The molecule has 6 nitrogen and oxygen atoms in total. The summed E-state index contributed by atoms with van der Waals surface area (Å²) in [7, 11) is 1.43. The molecule has 1 amide bonds. The molecule has 1 aliphatic rings. The number of aromatic nitrogens is 2. The zero-order valence-electron chi connectivity index (χ0n) is 18.7. The van der Waals surface area contributed by atoms with Crippen LogP contribution in [0.15, 0.2) is 42.5 Å². The van der Waals surface area contributed by atoms with Gasteiger partial charge in [-0.3, -0.25) is 4.79 Å². The van der Waals surface area contributed by atoms with Crippen molar-refractivity contribution in [2.24, 2.45) is 0 Å². The van der Waals surface area contributed by atoms with Crippen LogP contribution in [-0.2, 0) is 17.5 Å². The molecule has 180 valence electrons. The van der Waals surface area contributed by atoms with Crippen LogP contribution in [0.1, 0.15) is 27.4 Å². The number of carbonyl (C=O) groups excluding carboxylic acids is 1. The first-order valence-electron chi connectivity index (χ1n) is 10.6. The van der Waals surface area contributed by atoms with Crippen molar-refractivity contribution in [2.45, 2.75) is 19.6 Å². The molecule has 34 heavy (non-hydrogen) atoms. The zero-order chi connectivity index (χ0) is 24.5. The van der Waals surface area contributed by atoms with E-state index in [1.807, 2.05) is 0 Å². The van der Waals surface area contributed by atoms with E-state index in [9.17, 15) is 18.0 Å². The molecule has 3 aromatic rings. The van der Waals surface area contributed by atoms with Crippen LogP contribution < -0.4 is 4.74 Å². The minimum Gasteiger partial charge on any atom is -0.481 e. The number of carbonyl (C=O) groups is 1. The number of hydrogen-bond acceptors (Lipinski definition) is 4. The second-order valence-corrected chi connectivity index (χ2v) is 8.30. The second kappa shape index (κ2) is 9.68. The normalized spacial score (nSPS) is 14.4. The van der Waals surface area contributed by atoms with Gasteiger partial charge in [0.25, 0.3) is 5.91 Å². The molecule has 0 spiro atoms. The van der Waals surface area contributed by atoms with Gasteiger partial charge in [0.1, 0.15) is 11.4 Å². The number of benzene rings is 1. The van der Waals surface area contributed by atoms with Crippen molar-refractivity contribution in [3.63, 3.8) is 0 Å². The average molecular weight is 494 g/mol. The Morgan fingerprint density at radius 2 is 1.82 bits per heavy atom. The molecule has 1 aliphatic heterocycles. The molecular formula is C24H23ClF3N3O3. The lowest BCUT2D eigenvalue weighted by Crippen LogP contribution is -2.41. The Balaban J connectivity index is 1.96. The summed E-state index contributed by atoms with van der Waals surface area (Å²) < 4.78 is 54.7. The SMILES string of the molecule is COc1cccc(Cn2c(C(=O)N3CCOCC3)c(-c3ccc(Cl)cc3)c(C)c2C(F)(F)F)n1. The molecule has 0 saturated carbocycles. The molecule has 0 bridgehead atoms. The van der Waals surface area contributed by atoms with E-state index in [-0.39, 0.29) is 29.2 Å². The number of halogens is 4. The van der Waals surface area contributed by atoms with Gasteiger partial charge in [-0.15, -0.1) is 0 Å². The van der Waals surface area contributed by atoms with Crippen molar-refractivity contribution in [3.05, 3.63) is 70.1 Å². The van der Waals surface area contributed by atoms with Gasteiger partial charge in [-0.25, -0.2) is 4.98 Å². The Morgan fingerprint density at radius 3 is 2.44 bits per heavy atom. The molecular weight excluding hydrogens is 471 g/mol. The van der Waals surface area contributed by atoms with Gasteiger partial charge in [0.05, 0.1) is 32.6 Å². The number of rotatable bonds is 5. The minimum atomic E-state index is -4.70. The van der Waals surface area contributed by atoms with Gasteiger partial charge in [-0.05, 0) is 36.2 Å². The quantitative estimate of drug-likeness (QED) is 0.498. The monoisotopic (exact) mass is 493 g/mol. The number of morpholine rings is 1. The molecule has 0 atom stereocenters. The van der Waals surface area contributed by atoms with E-state index in [0.717, 1.165) is 4.57 Å². The highest BCUT2D eigenvalue weighted by Crippen LogP contribution is 2.42. The van der Waals surface area contributed by atoms with Crippen LogP contribution in [0.4, 0.5) is 13.2 Å². The number of ether oxygens (including phenoxy) is 2. The number of alkyl halides is 3. The maximum absolute atomic E-state index is 14.4. The number of amides is 1. The largest absolute Gasteiger partial charge is 0.481 e. The Kier molecular flexibility index (Phi) is 6.86. The summed E-state index contributed by atoms with van der Waals surface area (Å²) in [6.45, 7) is 2.37. The third-order valence-corrected chi connectivity index (χ3v) is 5.97. The lowest BCUT2D eigenvalue weighted by molar-refractivity contribution is -0.143.